The Kier molecular flexibility index (Phi) is 5.30. The van der Waals surface area contributed by atoms with Crippen molar-refractivity contribution in [3.8, 4) is 5.75 Å². The molecule has 0 aliphatic heterocycles. The number of amides is 1. The fourth-order valence-corrected chi connectivity index (χ4v) is 2.87. The highest BCUT2D eigenvalue weighted by molar-refractivity contribution is 5.91. The van der Waals surface area contributed by atoms with E-state index in [9.17, 15) is 4.79 Å². The second-order valence-corrected chi connectivity index (χ2v) is 6.82. The van der Waals surface area contributed by atoms with Gasteiger partial charge in [0, 0.05) is 38.1 Å². The lowest BCUT2D eigenvalue weighted by atomic mass is 10.1. The van der Waals surface area contributed by atoms with Gasteiger partial charge in [-0.1, -0.05) is 17.7 Å². The molecule has 0 bridgehead atoms. The summed E-state index contributed by atoms with van der Waals surface area (Å²) in [7, 11) is 3.65. The zero-order valence-electron chi connectivity index (χ0n) is 16.4. The van der Waals surface area contributed by atoms with Gasteiger partial charge in [0.1, 0.15) is 5.75 Å². The van der Waals surface area contributed by atoms with Crippen LogP contribution >= 0.6 is 0 Å². The molecule has 142 valence electrons. The molecule has 0 fully saturated rings. The minimum absolute atomic E-state index is 0.136. The van der Waals surface area contributed by atoms with Crippen molar-refractivity contribution < 1.29 is 9.53 Å². The van der Waals surface area contributed by atoms with Crippen LogP contribution in [-0.2, 0) is 20.3 Å². The number of aryl methyl sites for hydroxylation is 3. The Hall–Kier alpha value is -3.09. The van der Waals surface area contributed by atoms with E-state index in [1.54, 1.807) is 39.8 Å². The van der Waals surface area contributed by atoms with E-state index in [0.29, 0.717) is 12.2 Å². The number of benzene rings is 1. The molecule has 1 amide bonds. The van der Waals surface area contributed by atoms with Crippen molar-refractivity contribution in [2.24, 2.45) is 7.05 Å². The summed E-state index contributed by atoms with van der Waals surface area (Å²) < 4.78 is 9.23. The highest BCUT2D eigenvalue weighted by atomic mass is 16.5. The molecule has 2 heterocycles. The molecule has 2 aromatic heterocycles. The van der Waals surface area contributed by atoms with Gasteiger partial charge in [0.05, 0.1) is 6.20 Å². The van der Waals surface area contributed by atoms with E-state index in [0.717, 1.165) is 22.6 Å². The van der Waals surface area contributed by atoms with E-state index >= 15 is 0 Å². The van der Waals surface area contributed by atoms with E-state index in [2.05, 4.69) is 16.3 Å². The Morgan fingerprint density at radius 2 is 2.00 bits per heavy atom. The van der Waals surface area contributed by atoms with Crippen LogP contribution in [0, 0.1) is 20.8 Å². The Bertz CT molecular complexity index is 957. The van der Waals surface area contributed by atoms with E-state index < -0.39 is 0 Å². The van der Waals surface area contributed by atoms with Gasteiger partial charge in [-0.2, -0.15) is 10.2 Å². The predicted octanol–water partition coefficient (Wildman–Crippen LogP) is 2.85. The summed E-state index contributed by atoms with van der Waals surface area (Å²) in [6, 6.07) is 7.74. The average molecular weight is 367 g/mol. The normalized spacial score (nSPS) is 10.9. The molecule has 0 spiro atoms. The van der Waals surface area contributed by atoms with Gasteiger partial charge in [-0.05, 0) is 38.5 Å². The largest absolute Gasteiger partial charge is 0.471 e. The van der Waals surface area contributed by atoms with Crippen molar-refractivity contribution in [2.45, 2.75) is 34.0 Å². The number of rotatable bonds is 6. The summed E-state index contributed by atoms with van der Waals surface area (Å²) in [6.07, 6.45) is 3.54. The zero-order chi connectivity index (χ0) is 19.6. The second kappa shape index (κ2) is 7.65. The molecule has 27 heavy (non-hydrogen) atoms. The molecular formula is C20H25N5O2. The van der Waals surface area contributed by atoms with Crippen LogP contribution in [0.4, 0.5) is 0 Å². The summed E-state index contributed by atoms with van der Waals surface area (Å²) in [5.74, 6) is 0.677. The second-order valence-electron chi connectivity index (χ2n) is 6.82. The quantitative estimate of drug-likeness (QED) is 0.672. The number of hydrogen-bond donors (Lipinski definition) is 0. The molecule has 0 saturated heterocycles. The van der Waals surface area contributed by atoms with Gasteiger partial charge < -0.3 is 9.64 Å². The van der Waals surface area contributed by atoms with Gasteiger partial charge in [0.25, 0.3) is 5.91 Å². The van der Waals surface area contributed by atoms with Crippen LogP contribution in [0.25, 0.3) is 0 Å². The highest BCUT2D eigenvalue weighted by Crippen LogP contribution is 2.19. The monoisotopic (exact) mass is 367 g/mol. The molecule has 0 aliphatic carbocycles. The molecule has 3 rings (SSSR count). The van der Waals surface area contributed by atoms with Crippen LogP contribution in [-0.4, -0.2) is 37.4 Å². The van der Waals surface area contributed by atoms with E-state index in [1.165, 1.54) is 5.56 Å². The van der Waals surface area contributed by atoms with E-state index in [4.69, 9.17) is 4.74 Å². The summed E-state index contributed by atoms with van der Waals surface area (Å²) in [5.41, 5.74) is 4.72. The molecule has 0 saturated carbocycles. The number of hydrogen-bond acceptors (Lipinski definition) is 4. The maximum absolute atomic E-state index is 12.6. The van der Waals surface area contributed by atoms with Gasteiger partial charge in [-0.3, -0.25) is 9.48 Å². The van der Waals surface area contributed by atoms with E-state index in [-0.39, 0.29) is 12.6 Å². The lowest BCUT2D eigenvalue weighted by Crippen LogP contribution is -2.27. The SMILES string of the molecule is Cc1ccc(OCn2ccc(C(=O)N(C)Cc3cnn(C)c3C)n2)c(C)c1. The minimum Gasteiger partial charge on any atom is -0.471 e. The maximum atomic E-state index is 12.6. The maximum Gasteiger partial charge on any atom is 0.274 e. The Balaban J connectivity index is 1.62. The minimum atomic E-state index is -0.136. The van der Waals surface area contributed by atoms with Crippen LogP contribution in [0.2, 0.25) is 0 Å². The van der Waals surface area contributed by atoms with Crippen molar-refractivity contribution in [2.75, 3.05) is 7.05 Å². The lowest BCUT2D eigenvalue weighted by Gasteiger charge is -2.15. The molecule has 0 N–H and O–H groups in total. The first-order valence-electron chi connectivity index (χ1n) is 8.81. The molecule has 0 aliphatic rings. The van der Waals surface area contributed by atoms with Crippen molar-refractivity contribution >= 4 is 5.91 Å². The van der Waals surface area contributed by atoms with E-state index in [1.807, 2.05) is 40.0 Å². The Morgan fingerprint density at radius 1 is 1.22 bits per heavy atom. The molecule has 3 aromatic rings. The fraction of sp³-hybridized carbons (Fsp3) is 0.350. The van der Waals surface area contributed by atoms with Crippen molar-refractivity contribution in [3.63, 3.8) is 0 Å². The summed E-state index contributed by atoms with van der Waals surface area (Å²) in [6.45, 7) is 6.79. The first-order valence-corrected chi connectivity index (χ1v) is 8.81. The van der Waals surface area contributed by atoms with Gasteiger partial charge in [-0.15, -0.1) is 0 Å². The molecule has 0 radical (unpaired) electrons. The first kappa shape index (κ1) is 18.7. The topological polar surface area (TPSA) is 65.2 Å². The summed E-state index contributed by atoms with van der Waals surface area (Å²) in [5, 5.41) is 8.56. The molecular weight excluding hydrogens is 342 g/mol. The lowest BCUT2D eigenvalue weighted by molar-refractivity contribution is 0.0777. The molecule has 7 nitrogen and oxygen atoms in total. The van der Waals surface area contributed by atoms with Gasteiger partial charge in [0.15, 0.2) is 12.4 Å². The van der Waals surface area contributed by atoms with Gasteiger partial charge >= 0.3 is 0 Å². The van der Waals surface area contributed by atoms with Crippen LogP contribution < -0.4 is 4.74 Å². The van der Waals surface area contributed by atoms with Crippen LogP contribution in [0.3, 0.4) is 0 Å². The fourth-order valence-electron chi connectivity index (χ4n) is 2.87. The number of ether oxygens (including phenoxy) is 1. The Morgan fingerprint density at radius 3 is 2.67 bits per heavy atom. The van der Waals surface area contributed by atoms with Crippen LogP contribution in [0.5, 0.6) is 5.75 Å². The van der Waals surface area contributed by atoms with Gasteiger partial charge in [0.2, 0.25) is 0 Å². The number of nitrogens with zero attached hydrogens (tertiary/aromatic N) is 5. The molecule has 1 aromatic carbocycles. The number of carbonyl (C=O) groups is 1. The van der Waals surface area contributed by atoms with Crippen LogP contribution in [0.15, 0.2) is 36.7 Å². The summed E-state index contributed by atoms with van der Waals surface area (Å²) in [4.78, 5) is 14.3. The third-order valence-electron chi connectivity index (χ3n) is 4.63. The zero-order valence-corrected chi connectivity index (χ0v) is 16.4. The molecule has 7 heteroatoms. The predicted molar refractivity (Wildman–Crippen MR) is 103 cm³/mol. The first-order chi connectivity index (χ1) is 12.8. The van der Waals surface area contributed by atoms with Crippen molar-refractivity contribution in [1.82, 2.24) is 24.5 Å². The standard InChI is InChI=1S/C20H25N5O2/c1-14-6-7-19(15(2)10-14)27-13-25-9-8-18(22-25)20(26)23(4)12-17-11-21-24(5)16(17)3/h6-11H,12-13H2,1-5H3. The third-order valence-corrected chi connectivity index (χ3v) is 4.63. The third kappa shape index (κ3) is 4.19. The van der Waals surface area contributed by atoms with Crippen molar-refractivity contribution in [3.05, 3.63) is 64.7 Å². The number of aromatic nitrogens is 4. The highest BCUT2D eigenvalue weighted by Gasteiger charge is 2.17. The van der Waals surface area contributed by atoms with Crippen molar-refractivity contribution in [1.29, 1.82) is 0 Å². The molecule has 0 unspecified atom stereocenters. The smallest absolute Gasteiger partial charge is 0.274 e. The average Bonchev–Trinajstić information content (AvgIpc) is 3.22. The summed E-state index contributed by atoms with van der Waals surface area (Å²) >= 11 is 0. The number of carbonyl (C=O) groups excluding carboxylic acids is 1. The molecule has 0 atom stereocenters. The van der Waals surface area contributed by atoms with Crippen LogP contribution in [0.1, 0.15) is 32.9 Å². The Labute approximate surface area is 159 Å². The van der Waals surface area contributed by atoms with Gasteiger partial charge in [-0.25, -0.2) is 4.68 Å².